The van der Waals surface area contributed by atoms with Gasteiger partial charge in [0.1, 0.15) is 11.5 Å². The predicted octanol–water partition coefficient (Wildman–Crippen LogP) is 4.88. The molecular formula is C20H22ClNO3. The highest BCUT2D eigenvalue weighted by molar-refractivity contribution is 6.31. The lowest BCUT2D eigenvalue weighted by Gasteiger charge is -2.13. The Morgan fingerprint density at radius 2 is 1.92 bits per heavy atom. The van der Waals surface area contributed by atoms with Crippen LogP contribution in [0.1, 0.15) is 31.7 Å². The van der Waals surface area contributed by atoms with E-state index >= 15 is 0 Å². The highest BCUT2D eigenvalue weighted by Gasteiger charge is 2.45. The molecule has 1 N–H and O–H groups in total. The van der Waals surface area contributed by atoms with Gasteiger partial charge >= 0.3 is 0 Å². The minimum absolute atomic E-state index is 0.0143. The number of hydrogen-bond donors (Lipinski definition) is 1. The Hall–Kier alpha value is -2.20. The molecule has 2 aromatic carbocycles. The van der Waals surface area contributed by atoms with Crippen LogP contribution in [-0.4, -0.2) is 19.1 Å². The first kappa shape index (κ1) is 17.6. The van der Waals surface area contributed by atoms with Gasteiger partial charge in [0.2, 0.25) is 5.91 Å². The molecule has 2 unspecified atom stereocenters. The molecule has 5 heteroatoms. The molecule has 1 aliphatic rings. The zero-order valence-electron chi connectivity index (χ0n) is 14.4. The molecule has 132 valence electrons. The van der Waals surface area contributed by atoms with Crippen LogP contribution in [0.5, 0.6) is 11.5 Å². The van der Waals surface area contributed by atoms with Crippen molar-refractivity contribution < 1.29 is 14.3 Å². The minimum Gasteiger partial charge on any atom is -0.494 e. The van der Waals surface area contributed by atoms with E-state index in [0.29, 0.717) is 30.4 Å². The summed E-state index contributed by atoms with van der Waals surface area (Å²) in [4.78, 5) is 12.6. The Morgan fingerprint density at radius 3 is 2.64 bits per heavy atom. The van der Waals surface area contributed by atoms with E-state index in [9.17, 15) is 4.79 Å². The highest BCUT2D eigenvalue weighted by atomic mass is 35.5. The maximum Gasteiger partial charge on any atom is 0.228 e. The van der Waals surface area contributed by atoms with E-state index in [-0.39, 0.29) is 17.7 Å². The van der Waals surface area contributed by atoms with E-state index in [0.717, 1.165) is 17.0 Å². The minimum atomic E-state index is -0.0647. The van der Waals surface area contributed by atoms with Crippen molar-refractivity contribution in [1.82, 2.24) is 0 Å². The molecule has 0 radical (unpaired) electrons. The van der Waals surface area contributed by atoms with E-state index in [4.69, 9.17) is 21.1 Å². The first-order chi connectivity index (χ1) is 12.1. The Kier molecular flexibility index (Phi) is 5.49. The summed E-state index contributed by atoms with van der Waals surface area (Å²) in [5.41, 5.74) is 1.68. The van der Waals surface area contributed by atoms with E-state index in [1.807, 2.05) is 50.2 Å². The quantitative estimate of drug-likeness (QED) is 0.766. The fourth-order valence-corrected chi connectivity index (χ4v) is 3.25. The van der Waals surface area contributed by atoms with Crippen molar-refractivity contribution in [2.45, 2.75) is 26.2 Å². The second-order valence-corrected chi connectivity index (χ2v) is 6.39. The zero-order valence-corrected chi connectivity index (χ0v) is 15.2. The standard InChI is InChI=1S/C20H22ClNO3/c1-3-24-13-9-10-19(25-4-2)18(11-13)22-20(23)16-12-15(16)14-7-5-6-8-17(14)21/h5-11,15-16H,3-4,12H2,1-2H3,(H,22,23). The molecule has 1 fully saturated rings. The van der Waals surface area contributed by atoms with Gasteiger partial charge in [-0.15, -0.1) is 0 Å². The van der Waals surface area contributed by atoms with Gasteiger partial charge in [-0.25, -0.2) is 0 Å². The Balaban J connectivity index is 1.73. The second kappa shape index (κ2) is 7.79. The van der Waals surface area contributed by atoms with Crippen LogP contribution in [0.4, 0.5) is 5.69 Å². The molecule has 3 rings (SSSR count). The van der Waals surface area contributed by atoms with Crippen molar-refractivity contribution in [2.24, 2.45) is 5.92 Å². The smallest absolute Gasteiger partial charge is 0.228 e. The van der Waals surface area contributed by atoms with Crippen molar-refractivity contribution in [3.8, 4) is 11.5 Å². The Labute approximate surface area is 153 Å². The average Bonchev–Trinajstić information content (AvgIpc) is 3.39. The molecule has 0 heterocycles. The summed E-state index contributed by atoms with van der Waals surface area (Å²) in [5.74, 6) is 1.46. The summed E-state index contributed by atoms with van der Waals surface area (Å²) >= 11 is 6.24. The van der Waals surface area contributed by atoms with Crippen LogP contribution < -0.4 is 14.8 Å². The lowest BCUT2D eigenvalue weighted by molar-refractivity contribution is -0.117. The van der Waals surface area contributed by atoms with E-state index in [1.54, 1.807) is 6.07 Å². The number of ether oxygens (including phenoxy) is 2. The second-order valence-electron chi connectivity index (χ2n) is 5.98. The van der Waals surface area contributed by atoms with Crippen molar-refractivity contribution >= 4 is 23.2 Å². The number of carbonyl (C=O) groups excluding carboxylic acids is 1. The molecule has 1 amide bonds. The largest absolute Gasteiger partial charge is 0.494 e. The third-order valence-electron chi connectivity index (χ3n) is 4.25. The molecule has 0 bridgehead atoms. The van der Waals surface area contributed by atoms with Crippen LogP contribution in [0, 0.1) is 5.92 Å². The van der Waals surface area contributed by atoms with E-state index < -0.39 is 0 Å². The van der Waals surface area contributed by atoms with Crippen molar-refractivity contribution in [1.29, 1.82) is 0 Å². The van der Waals surface area contributed by atoms with Crippen LogP contribution in [-0.2, 0) is 4.79 Å². The molecule has 0 saturated heterocycles. The molecule has 4 nitrogen and oxygen atoms in total. The molecule has 25 heavy (non-hydrogen) atoms. The van der Waals surface area contributed by atoms with Gasteiger partial charge < -0.3 is 14.8 Å². The zero-order chi connectivity index (χ0) is 17.8. The number of halogens is 1. The first-order valence-corrected chi connectivity index (χ1v) is 8.96. The lowest BCUT2D eigenvalue weighted by Crippen LogP contribution is -2.15. The van der Waals surface area contributed by atoms with Gasteiger partial charge in [-0.2, -0.15) is 0 Å². The maximum atomic E-state index is 12.6. The van der Waals surface area contributed by atoms with Gasteiger partial charge in [-0.05, 0) is 49.9 Å². The number of nitrogens with one attached hydrogen (secondary N) is 1. The number of amides is 1. The monoisotopic (exact) mass is 359 g/mol. The van der Waals surface area contributed by atoms with E-state index in [1.165, 1.54) is 0 Å². The molecule has 2 atom stereocenters. The van der Waals surface area contributed by atoms with Gasteiger partial charge in [0, 0.05) is 17.0 Å². The SMILES string of the molecule is CCOc1ccc(OCC)c(NC(=O)C2CC2c2ccccc2Cl)c1. The van der Waals surface area contributed by atoms with Crippen LogP contribution >= 0.6 is 11.6 Å². The van der Waals surface area contributed by atoms with Gasteiger partial charge in [-0.1, -0.05) is 29.8 Å². The third-order valence-corrected chi connectivity index (χ3v) is 4.60. The van der Waals surface area contributed by atoms with Crippen LogP contribution in [0.15, 0.2) is 42.5 Å². The summed E-state index contributed by atoms with van der Waals surface area (Å²) in [7, 11) is 0. The molecule has 1 saturated carbocycles. The normalized spacial score (nSPS) is 18.5. The fraction of sp³-hybridized carbons (Fsp3) is 0.350. The topological polar surface area (TPSA) is 47.6 Å². The van der Waals surface area contributed by atoms with Gasteiger partial charge in [0.05, 0.1) is 18.9 Å². The number of anilines is 1. The van der Waals surface area contributed by atoms with Crippen molar-refractivity contribution in [3.63, 3.8) is 0 Å². The predicted molar refractivity (Wildman–Crippen MR) is 99.7 cm³/mol. The van der Waals surface area contributed by atoms with E-state index in [2.05, 4.69) is 5.32 Å². The molecule has 0 aromatic heterocycles. The molecular weight excluding hydrogens is 338 g/mol. The number of hydrogen-bond acceptors (Lipinski definition) is 3. The number of carbonyl (C=O) groups is 1. The fourth-order valence-electron chi connectivity index (χ4n) is 2.97. The third kappa shape index (κ3) is 4.07. The van der Waals surface area contributed by atoms with Crippen molar-refractivity contribution in [2.75, 3.05) is 18.5 Å². The first-order valence-electron chi connectivity index (χ1n) is 8.59. The molecule has 0 spiro atoms. The summed E-state index contributed by atoms with van der Waals surface area (Å²) in [6, 6.07) is 13.2. The molecule has 2 aromatic rings. The number of benzene rings is 2. The average molecular weight is 360 g/mol. The van der Waals surface area contributed by atoms with Gasteiger partial charge in [0.25, 0.3) is 0 Å². The van der Waals surface area contributed by atoms with Gasteiger partial charge in [-0.3, -0.25) is 4.79 Å². The Morgan fingerprint density at radius 1 is 1.16 bits per heavy atom. The molecule has 0 aliphatic heterocycles. The maximum absolute atomic E-state index is 12.6. The lowest BCUT2D eigenvalue weighted by atomic mass is 10.1. The molecule has 1 aliphatic carbocycles. The van der Waals surface area contributed by atoms with Crippen LogP contribution in [0.3, 0.4) is 0 Å². The van der Waals surface area contributed by atoms with Crippen LogP contribution in [0.25, 0.3) is 0 Å². The van der Waals surface area contributed by atoms with Gasteiger partial charge in [0.15, 0.2) is 0 Å². The highest BCUT2D eigenvalue weighted by Crippen LogP contribution is 2.50. The van der Waals surface area contributed by atoms with Crippen molar-refractivity contribution in [3.05, 3.63) is 53.1 Å². The summed E-state index contributed by atoms with van der Waals surface area (Å²) in [5, 5.41) is 3.71. The summed E-state index contributed by atoms with van der Waals surface area (Å²) in [6.07, 6.45) is 0.810. The summed E-state index contributed by atoms with van der Waals surface area (Å²) < 4.78 is 11.1. The van der Waals surface area contributed by atoms with Crippen LogP contribution in [0.2, 0.25) is 5.02 Å². The Bertz CT molecular complexity index is 762. The summed E-state index contributed by atoms with van der Waals surface area (Å²) in [6.45, 7) is 4.94. The number of rotatable bonds is 7.